The van der Waals surface area contributed by atoms with E-state index in [0.717, 1.165) is 23.2 Å². The Morgan fingerprint density at radius 2 is 1.45 bits per heavy atom. The molecule has 0 aliphatic rings. The van der Waals surface area contributed by atoms with Crippen LogP contribution in [0.5, 0.6) is 0 Å². The molecular formula is C32H51ClN6O. The molecule has 0 saturated carbocycles. The van der Waals surface area contributed by atoms with Gasteiger partial charge in [0.2, 0.25) is 0 Å². The van der Waals surface area contributed by atoms with Crippen molar-refractivity contribution in [2.24, 2.45) is 0 Å². The van der Waals surface area contributed by atoms with Crippen LogP contribution in [0.1, 0.15) is 129 Å². The van der Waals surface area contributed by atoms with E-state index in [0.29, 0.717) is 29.6 Å². The quantitative estimate of drug-likeness (QED) is 0.133. The summed E-state index contributed by atoms with van der Waals surface area (Å²) in [7, 11) is 0. The average Bonchev–Trinajstić information content (AvgIpc) is 3.49. The third kappa shape index (κ3) is 10.1. The number of aromatic nitrogens is 4. The average molecular weight is 571 g/mol. The van der Waals surface area contributed by atoms with Crippen LogP contribution < -0.4 is 10.6 Å². The number of hydrogen-bond donors (Lipinski definition) is 3. The van der Waals surface area contributed by atoms with Gasteiger partial charge in [0.15, 0.2) is 11.5 Å². The highest BCUT2D eigenvalue weighted by atomic mass is 35.5. The topological polar surface area (TPSA) is 87.1 Å². The van der Waals surface area contributed by atoms with Crippen LogP contribution in [0.15, 0.2) is 24.3 Å². The highest BCUT2D eigenvalue weighted by Gasteiger charge is 2.24. The lowest BCUT2D eigenvalue weighted by atomic mass is 9.92. The van der Waals surface area contributed by atoms with E-state index in [1.807, 2.05) is 24.3 Å². The molecule has 3 N–H and O–H groups in total. The molecule has 8 heteroatoms. The minimum absolute atomic E-state index is 0.137. The van der Waals surface area contributed by atoms with Gasteiger partial charge in [-0.25, -0.2) is 9.78 Å². The molecule has 0 aliphatic carbocycles. The SMILES string of the molecule is CCCCCCCCCCCCCCCCNC(=O)NCc1ccccc1-c1nc2c(Cl)c(C(C)(C)C)[nH]n2n1. The van der Waals surface area contributed by atoms with Gasteiger partial charge in [-0.05, 0) is 12.0 Å². The van der Waals surface area contributed by atoms with Crippen LogP contribution in [-0.2, 0) is 12.0 Å². The first-order valence-corrected chi connectivity index (χ1v) is 15.9. The molecule has 0 fully saturated rings. The van der Waals surface area contributed by atoms with Gasteiger partial charge in [-0.15, -0.1) is 5.10 Å². The van der Waals surface area contributed by atoms with Gasteiger partial charge in [-0.3, -0.25) is 5.10 Å². The van der Waals surface area contributed by atoms with Crippen LogP contribution in [0.25, 0.3) is 17.0 Å². The molecule has 222 valence electrons. The van der Waals surface area contributed by atoms with Crippen molar-refractivity contribution in [3.05, 3.63) is 40.5 Å². The fraction of sp³-hybridized carbons (Fsp3) is 0.656. The van der Waals surface area contributed by atoms with Crippen LogP contribution >= 0.6 is 11.6 Å². The fourth-order valence-electron chi connectivity index (χ4n) is 5.06. The largest absolute Gasteiger partial charge is 0.338 e. The molecule has 3 rings (SSSR count). The number of benzene rings is 1. The maximum absolute atomic E-state index is 12.4. The zero-order valence-corrected chi connectivity index (χ0v) is 26.0. The Balaban J connectivity index is 1.30. The van der Waals surface area contributed by atoms with Crippen LogP contribution in [-0.4, -0.2) is 32.4 Å². The molecule has 7 nitrogen and oxygen atoms in total. The molecule has 0 radical (unpaired) electrons. The van der Waals surface area contributed by atoms with E-state index in [1.165, 1.54) is 83.5 Å². The molecule has 40 heavy (non-hydrogen) atoms. The normalized spacial score (nSPS) is 11.8. The molecular weight excluding hydrogens is 520 g/mol. The van der Waals surface area contributed by atoms with Crippen molar-refractivity contribution in [2.45, 2.75) is 130 Å². The van der Waals surface area contributed by atoms with E-state index in [4.69, 9.17) is 11.6 Å². The summed E-state index contributed by atoms with van der Waals surface area (Å²) >= 11 is 6.60. The van der Waals surface area contributed by atoms with E-state index in [1.54, 1.807) is 4.63 Å². The van der Waals surface area contributed by atoms with Gasteiger partial charge >= 0.3 is 6.03 Å². The highest BCUT2D eigenvalue weighted by molar-refractivity contribution is 6.34. The van der Waals surface area contributed by atoms with Crippen molar-refractivity contribution in [3.63, 3.8) is 0 Å². The number of halogens is 1. The second-order valence-corrected chi connectivity index (χ2v) is 12.5. The molecule has 2 aromatic heterocycles. The Bertz CT molecular complexity index is 1160. The molecule has 0 atom stereocenters. The molecule has 2 heterocycles. The third-order valence-electron chi connectivity index (χ3n) is 7.50. The van der Waals surface area contributed by atoms with E-state index >= 15 is 0 Å². The predicted molar refractivity (Wildman–Crippen MR) is 167 cm³/mol. The van der Waals surface area contributed by atoms with E-state index in [9.17, 15) is 4.79 Å². The Kier molecular flexibility index (Phi) is 13.3. The lowest BCUT2D eigenvalue weighted by Crippen LogP contribution is -2.35. The Morgan fingerprint density at radius 3 is 2.02 bits per heavy atom. The van der Waals surface area contributed by atoms with Gasteiger partial charge in [0, 0.05) is 24.1 Å². The number of fused-ring (bicyclic) bond motifs is 1. The number of amides is 2. The summed E-state index contributed by atoms with van der Waals surface area (Å²) in [6.45, 7) is 9.66. The van der Waals surface area contributed by atoms with Crippen LogP contribution in [0.4, 0.5) is 4.79 Å². The third-order valence-corrected chi connectivity index (χ3v) is 7.86. The summed E-state index contributed by atoms with van der Waals surface area (Å²) in [5, 5.41) is 14.4. The second kappa shape index (κ2) is 16.7. The smallest absolute Gasteiger partial charge is 0.315 e. The Labute approximate surface area is 246 Å². The van der Waals surface area contributed by atoms with Crippen LogP contribution in [0.2, 0.25) is 5.02 Å². The molecule has 2 amide bonds. The van der Waals surface area contributed by atoms with Crippen molar-refractivity contribution < 1.29 is 4.79 Å². The molecule has 3 aromatic rings. The first-order valence-electron chi connectivity index (χ1n) is 15.6. The monoisotopic (exact) mass is 570 g/mol. The number of unbranched alkanes of at least 4 members (excludes halogenated alkanes) is 13. The van der Waals surface area contributed by atoms with Gasteiger partial charge in [0.25, 0.3) is 0 Å². The number of nitrogens with one attached hydrogen (secondary N) is 3. The summed E-state index contributed by atoms with van der Waals surface area (Å²) in [6, 6.07) is 7.72. The van der Waals surface area contributed by atoms with Gasteiger partial charge in [0.05, 0.1) is 5.69 Å². The van der Waals surface area contributed by atoms with Gasteiger partial charge in [-0.2, -0.15) is 4.63 Å². The number of urea groups is 1. The number of rotatable bonds is 18. The maximum atomic E-state index is 12.4. The maximum Gasteiger partial charge on any atom is 0.315 e. The Morgan fingerprint density at radius 1 is 0.875 bits per heavy atom. The summed E-state index contributed by atoms with van der Waals surface area (Å²) in [5.41, 5.74) is 3.20. The first kappa shape index (κ1) is 32.0. The summed E-state index contributed by atoms with van der Waals surface area (Å²) < 4.78 is 1.63. The first-order chi connectivity index (χ1) is 19.3. The minimum Gasteiger partial charge on any atom is -0.338 e. The van der Waals surface area contributed by atoms with Gasteiger partial charge in [-0.1, -0.05) is 147 Å². The zero-order valence-electron chi connectivity index (χ0n) is 25.3. The fourth-order valence-corrected chi connectivity index (χ4v) is 5.51. The van der Waals surface area contributed by atoms with Crippen molar-refractivity contribution in [1.82, 2.24) is 30.4 Å². The summed E-state index contributed by atoms with van der Waals surface area (Å²) in [6.07, 6.45) is 18.6. The number of carbonyl (C=O) groups is 1. The lowest BCUT2D eigenvalue weighted by molar-refractivity contribution is 0.240. The molecule has 0 bridgehead atoms. The van der Waals surface area contributed by atoms with Crippen LogP contribution in [0, 0.1) is 0 Å². The standard InChI is InChI=1S/C32H51ClN6O/c1-5-6-7-8-9-10-11-12-13-14-15-16-17-20-23-34-31(40)35-24-25-21-18-19-22-26(25)29-36-30-27(33)28(32(2,3)4)37-39(30)38-29/h18-19,21-22,37H,5-17,20,23-24H2,1-4H3,(H2,34,35,40). The minimum atomic E-state index is -0.146. The summed E-state index contributed by atoms with van der Waals surface area (Å²) in [5.74, 6) is 0.578. The molecule has 0 aliphatic heterocycles. The highest BCUT2D eigenvalue weighted by Crippen LogP contribution is 2.32. The zero-order chi connectivity index (χ0) is 28.8. The number of nitrogens with zero attached hydrogens (tertiary/aromatic N) is 3. The van der Waals surface area contributed by atoms with Crippen molar-refractivity contribution in [3.8, 4) is 11.4 Å². The number of aromatic amines is 1. The molecule has 1 aromatic carbocycles. The van der Waals surface area contributed by atoms with Gasteiger partial charge in [0.1, 0.15) is 5.02 Å². The van der Waals surface area contributed by atoms with E-state index in [-0.39, 0.29) is 11.4 Å². The van der Waals surface area contributed by atoms with Crippen LogP contribution in [0.3, 0.4) is 0 Å². The Hall–Kier alpha value is -2.54. The predicted octanol–water partition coefficient (Wildman–Crippen LogP) is 8.96. The summed E-state index contributed by atoms with van der Waals surface area (Å²) in [4.78, 5) is 17.1. The number of hydrogen-bond acceptors (Lipinski definition) is 3. The van der Waals surface area contributed by atoms with Gasteiger partial charge < -0.3 is 10.6 Å². The molecule has 0 saturated heterocycles. The molecule has 0 spiro atoms. The number of H-pyrrole nitrogens is 1. The second-order valence-electron chi connectivity index (χ2n) is 12.1. The van der Waals surface area contributed by atoms with Crippen molar-refractivity contribution in [1.29, 1.82) is 0 Å². The lowest BCUT2D eigenvalue weighted by Gasteiger charge is -2.16. The van der Waals surface area contributed by atoms with Crippen molar-refractivity contribution >= 4 is 23.3 Å². The molecule has 0 unspecified atom stereocenters. The van der Waals surface area contributed by atoms with Crippen molar-refractivity contribution in [2.75, 3.05) is 6.54 Å². The van der Waals surface area contributed by atoms with E-state index < -0.39 is 0 Å². The number of carbonyl (C=O) groups excluding carboxylic acids is 1. The van der Waals surface area contributed by atoms with E-state index in [2.05, 4.69) is 53.5 Å².